The van der Waals surface area contributed by atoms with Crippen molar-refractivity contribution in [2.45, 2.75) is 20.3 Å². The van der Waals surface area contributed by atoms with E-state index < -0.39 is 0 Å². The van der Waals surface area contributed by atoms with Crippen LogP contribution in [0.1, 0.15) is 28.4 Å². The van der Waals surface area contributed by atoms with Gasteiger partial charge in [-0.25, -0.2) is 0 Å². The molecule has 0 heterocycles. The maximum Gasteiger partial charge on any atom is 0.251 e. The van der Waals surface area contributed by atoms with Crippen molar-refractivity contribution in [3.8, 4) is 5.75 Å². The fourth-order valence-corrected chi connectivity index (χ4v) is 2.37. The van der Waals surface area contributed by atoms with Gasteiger partial charge in [-0.05, 0) is 42.7 Å². The molecule has 0 spiro atoms. The predicted molar refractivity (Wildman–Crippen MR) is 94.5 cm³/mol. The highest BCUT2D eigenvalue weighted by molar-refractivity contribution is 5.99. The third-order valence-electron chi connectivity index (χ3n) is 3.75. The average Bonchev–Trinajstić information content (AvgIpc) is 2.60. The number of anilines is 1. The van der Waals surface area contributed by atoms with E-state index in [0.717, 1.165) is 23.2 Å². The van der Waals surface area contributed by atoms with Crippen LogP contribution in [-0.4, -0.2) is 25.5 Å². The molecule has 0 saturated heterocycles. The molecule has 0 radical (unpaired) electrons. The Hall–Kier alpha value is -2.82. The number of methoxy groups -OCH3 is 1. The number of amides is 2. The van der Waals surface area contributed by atoms with Crippen molar-refractivity contribution in [1.82, 2.24) is 5.32 Å². The molecule has 0 aromatic heterocycles. The van der Waals surface area contributed by atoms with Crippen LogP contribution in [0.2, 0.25) is 0 Å². The van der Waals surface area contributed by atoms with Crippen LogP contribution in [0.3, 0.4) is 0 Å². The molecule has 24 heavy (non-hydrogen) atoms. The van der Waals surface area contributed by atoms with Crippen LogP contribution in [-0.2, 0) is 11.2 Å². The summed E-state index contributed by atoms with van der Waals surface area (Å²) in [5.41, 5.74) is 3.24. The fraction of sp³-hybridized carbons (Fsp3) is 0.263. The molecule has 0 atom stereocenters. The van der Waals surface area contributed by atoms with Gasteiger partial charge in [-0.1, -0.05) is 31.2 Å². The highest BCUT2D eigenvalue weighted by atomic mass is 16.5. The Labute approximate surface area is 142 Å². The number of para-hydroxylation sites is 1. The zero-order valence-electron chi connectivity index (χ0n) is 14.2. The van der Waals surface area contributed by atoms with Gasteiger partial charge in [0.1, 0.15) is 5.75 Å². The zero-order chi connectivity index (χ0) is 17.5. The molecule has 0 bridgehead atoms. The van der Waals surface area contributed by atoms with Crippen LogP contribution < -0.4 is 15.4 Å². The van der Waals surface area contributed by atoms with Gasteiger partial charge in [-0.15, -0.1) is 0 Å². The van der Waals surface area contributed by atoms with Crippen molar-refractivity contribution < 1.29 is 14.3 Å². The second-order valence-electron chi connectivity index (χ2n) is 5.43. The SMILES string of the molecule is CCc1ccccc1NC(=O)CNC(=O)c1ccc(C)c(OC)c1. The Bertz CT molecular complexity index is 741. The third kappa shape index (κ3) is 4.35. The van der Waals surface area contributed by atoms with Gasteiger partial charge in [-0.3, -0.25) is 9.59 Å². The van der Waals surface area contributed by atoms with E-state index in [1.807, 2.05) is 44.2 Å². The standard InChI is InChI=1S/C19H22N2O3/c1-4-14-7-5-6-8-16(14)21-18(22)12-20-19(23)15-10-9-13(2)17(11-15)24-3/h5-11H,4,12H2,1-3H3,(H,20,23)(H,21,22). The number of hydrogen-bond donors (Lipinski definition) is 2. The van der Waals surface area contributed by atoms with Crippen molar-refractivity contribution in [2.75, 3.05) is 19.0 Å². The highest BCUT2D eigenvalue weighted by Crippen LogP contribution is 2.19. The second-order valence-corrected chi connectivity index (χ2v) is 5.43. The molecule has 5 heteroatoms. The first kappa shape index (κ1) is 17.5. The first-order chi connectivity index (χ1) is 11.5. The number of ether oxygens (including phenoxy) is 1. The first-order valence-electron chi connectivity index (χ1n) is 7.85. The van der Waals surface area contributed by atoms with Crippen molar-refractivity contribution in [2.24, 2.45) is 0 Å². The maximum absolute atomic E-state index is 12.2. The lowest BCUT2D eigenvalue weighted by atomic mass is 10.1. The van der Waals surface area contributed by atoms with Gasteiger partial charge in [0.05, 0.1) is 13.7 Å². The van der Waals surface area contributed by atoms with Crippen LogP contribution in [0, 0.1) is 6.92 Å². The molecular weight excluding hydrogens is 304 g/mol. The van der Waals surface area contributed by atoms with Crippen LogP contribution in [0.25, 0.3) is 0 Å². The number of carbonyl (C=O) groups excluding carboxylic acids is 2. The molecule has 0 aliphatic rings. The smallest absolute Gasteiger partial charge is 0.251 e. The molecule has 2 amide bonds. The number of nitrogens with one attached hydrogen (secondary N) is 2. The van der Waals surface area contributed by atoms with E-state index in [2.05, 4.69) is 10.6 Å². The van der Waals surface area contributed by atoms with Gasteiger partial charge in [-0.2, -0.15) is 0 Å². The minimum Gasteiger partial charge on any atom is -0.496 e. The number of benzene rings is 2. The van der Waals surface area contributed by atoms with Gasteiger partial charge in [0.25, 0.3) is 5.91 Å². The minimum atomic E-state index is -0.313. The Morgan fingerprint density at radius 2 is 1.88 bits per heavy atom. The lowest BCUT2D eigenvalue weighted by Crippen LogP contribution is -2.33. The number of rotatable bonds is 6. The second kappa shape index (κ2) is 8.15. The maximum atomic E-state index is 12.2. The molecule has 0 aliphatic carbocycles. The van der Waals surface area contributed by atoms with E-state index >= 15 is 0 Å². The Morgan fingerprint density at radius 3 is 2.58 bits per heavy atom. The minimum absolute atomic E-state index is 0.0902. The summed E-state index contributed by atoms with van der Waals surface area (Å²) in [6.45, 7) is 3.84. The number of carbonyl (C=O) groups is 2. The van der Waals surface area contributed by atoms with Crippen LogP contribution in [0.4, 0.5) is 5.69 Å². The van der Waals surface area contributed by atoms with Gasteiger partial charge in [0.2, 0.25) is 5.91 Å². The van der Waals surface area contributed by atoms with Crippen LogP contribution >= 0.6 is 0 Å². The summed E-state index contributed by atoms with van der Waals surface area (Å²) in [4.78, 5) is 24.2. The fourth-order valence-electron chi connectivity index (χ4n) is 2.37. The third-order valence-corrected chi connectivity index (χ3v) is 3.75. The molecule has 5 nitrogen and oxygen atoms in total. The van der Waals surface area contributed by atoms with Gasteiger partial charge >= 0.3 is 0 Å². The van der Waals surface area contributed by atoms with E-state index in [1.54, 1.807) is 19.2 Å². The van der Waals surface area contributed by atoms with E-state index in [4.69, 9.17) is 4.74 Å². The quantitative estimate of drug-likeness (QED) is 0.857. The molecule has 0 saturated carbocycles. The summed E-state index contributed by atoms with van der Waals surface area (Å²) in [6, 6.07) is 12.8. The molecular formula is C19H22N2O3. The van der Waals surface area contributed by atoms with Gasteiger partial charge in [0.15, 0.2) is 0 Å². The van der Waals surface area contributed by atoms with E-state index in [-0.39, 0.29) is 18.4 Å². The van der Waals surface area contributed by atoms with Crippen LogP contribution in [0.15, 0.2) is 42.5 Å². The Balaban J connectivity index is 1.95. The summed E-state index contributed by atoms with van der Waals surface area (Å²) in [5, 5.41) is 5.44. The highest BCUT2D eigenvalue weighted by Gasteiger charge is 2.11. The van der Waals surface area contributed by atoms with Crippen molar-refractivity contribution >= 4 is 17.5 Å². The molecule has 2 N–H and O–H groups in total. The molecule has 2 aromatic carbocycles. The van der Waals surface area contributed by atoms with Gasteiger partial charge < -0.3 is 15.4 Å². The van der Waals surface area contributed by atoms with E-state index in [0.29, 0.717) is 11.3 Å². The van der Waals surface area contributed by atoms with E-state index in [9.17, 15) is 9.59 Å². The predicted octanol–water partition coefficient (Wildman–Crippen LogP) is 2.93. The molecule has 0 fully saturated rings. The normalized spacial score (nSPS) is 10.1. The first-order valence-corrected chi connectivity index (χ1v) is 7.85. The number of aryl methyl sites for hydroxylation is 2. The van der Waals surface area contributed by atoms with Crippen molar-refractivity contribution in [3.05, 3.63) is 59.2 Å². The number of hydrogen-bond acceptors (Lipinski definition) is 3. The molecule has 0 unspecified atom stereocenters. The monoisotopic (exact) mass is 326 g/mol. The Morgan fingerprint density at radius 1 is 1.12 bits per heavy atom. The molecule has 0 aliphatic heterocycles. The topological polar surface area (TPSA) is 67.4 Å². The summed E-state index contributed by atoms with van der Waals surface area (Å²) in [5.74, 6) is 0.0690. The molecule has 2 aromatic rings. The molecule has 2 rings (SSSR count). The van der Waals surface area contributed by atoms with Crippen LogP contribution in [0.5, 0.6) is 5.75 Å². The van der Waals surface area contributed by atoms with Crippen molar-refractivity contribution in [1.29, 1.82) is 0 Å². The lowest BCUT2D eigenvalue weighted by Gasteiger charge is -2.11. The largest absolute Gasteiger partial charge is 0.496 e. The summed E-state index contributed by atoms with van der Waals surface area (Å²) in [7, 11) is 1.56. The lowest BCUT2D eigenvalue weighted by molar-refractivity contribution is -0.115. The summed E-state index contributed by atoms with van der Waals surface area (Å²) >= 11 is 0. The van der Waals surface area contributed by atoms with Crippen molar-refractivity contribution in [3.63, 3.8) is 0 Å². The Kier molecular flexibility index (Phi) is 5.95. The zero-order valence-corrected chi connectivity index (χ0v) is 14.2. The van der Waals surface area contributed by atoms with Gasteiger partial charge in [0, 0.05) is 11.3 Å². The summed E-state index contributed by atoms with van der Waals surface area (Å²) in [6.07, 6.45) is 0.825. The molecule has 126 valence electrons. The average molecular weight is 326 g/mol. The summed E-state index contributed by atoms with van der Waals surface area (Å²) < 4.78 is 5.21. The van der Waals surface area contributed by atoms with E-state index in [1.165, 1.54) is 0 Å².